The number of rotatable bonds is 12. The Bertz CT molecular complexity index is 786. The molecule has 0 fully saturated rings. The second-order valence-electron chi connectivity index (χ2n) is 7.47. The summed E-state index contributed by atoms with van der Waals surface area (Å²) >= 11 is 0. The fraction of sp³-hybridized carbons (Fsp3) is 0.417. The first-order valence-corrected chi connectivity index (χ1v) is 10.6. The molecule has 6 heteroatoms. The number of benzene rings is 2. The van der Waals surface area contributed by atoms with Gasteiger partial charge in [0.25, 0.3) is 5.91 Å². The van der Waals surface area contributed by atoms with Gasteiger partial charge >= 0.3 is 0 Å². The van der Waals surface area contributed by atoms with Crippen LogP contribution in [0.15, 0.2) is 48.5 Å². The number of ether oxygens (including phenoxy) is 1. The van der Waals surface area contributed by atoms with Gasteiger partial charge in [-0.1, -0.05) is 32.6 Å². The molecule has 2 amide bonds. The predicted octanol–water partition coefficient (Wildman–Crippen LogP) is 4.79. The lowest BCUT2D eigenvalue weighted by molar-refractivity contribution is -0.114. The highest BCUT2D eigenvalue weighted by Crippen LogP contribution is 2.16. The van der Waals surface area contributed by atoms with Gasteiger partial charge in [-0.3, -0.25) is 9.59 Å². The van der Waals surface area contributed by atoms with Gasteiger partial charge in [-0.25, -0.2) is 0 Å². The molecule has 2 aromatic rings. The number of nitrogens with zero attached hydrogens (tertiary/aromatic N) is 1. The van der Waals surface area contributed by atoms with E-state index in [9.17, 15) is 9.59 Å². The van der Waals surface area contributed by atoms with Crippen molar-refractivity contribution in [3.63, 3.8) is 0 Å². The number of hydrogen-bond donors (Lipinski definition) is 2. The van der Waals surface area contributed by atoms with Crippen molar-refractivity contribution in [2.75, 3.05) is 37.9 Å². The highest BCUT2D eigenvalue weighted by Gasteiger charge is 2.08. The van der Waals surface area contributed by atoms with Crippen LogP contribution in [0.4, 0.5) is 11.4 Å². The van der Waals surface area contributed by atoms with E-state index in [-0.39, 0.29) is 18.4 Å². The van der Waals surface area contributed by atoms with E-state index in [2.05, 4.69) is 17.6 Å². The lowest BCUT2D eigenvalue weighted by atomic mass is 10.2. The fourth-order valence-electron chi connectivity index (χ4n) is 2.91. The molecule has 6 nitrogen and oxygen atoms in total. The van der Waals surface area contributed by atoms with Gasteiger partial charge in [0.2, 0.25) is 5.91 Å². The van der Waals surface area contributed by atoms with Crippen molar-refractivity contribution in [3.05, 3.63) is 54.1 Å². The van der Waals surface area contributed by atoms with Crippen LogP contribution in [-0.4, -0.2) is 44.0 Å². The number of anilines is 2. The van der Waals surface area contributed by atoms with Crippen LogP contribution in [0, 0.1) is 0 Å². The van der Waals surface area contributed by atoms with Crippen molar-refractivity contribution in [3.8, 4) is 5.75 Å². The first-order valence-electron chi connectivity index (χ1n) is 10.6. The summed E-state index contributed by atoms with van der Waals surface area (Å²) in [5.41, 5.74) is 2.09. The van der Waals surface area contributed by atoms with Crippen molar-refractivity contribution >= 4 is 23.2 Å². The third-order valence-electron chi connectivity index (χ3n) is 4.65. The molecule has 0 aromatic heterocycles. The van der Waals surface area contributed by atoms with Gasteiger partial charge in [-0.15, -0.1) is 0 Å². The zero-order valence-corrected chi connectivity index (χ0v) is 18.2. The topological polar surface area (TPSA) is 70.7 Å². The highest BCUT2D eigenvalue weighted by molar-refractivity contribution is 5.96. The molecular weight excluding hydrogens is 378 g/mol. The van der Waals surface area contributed by atoms with E-state index in [0.717, 1.165) is 24.5 Å². The number of hydrogen-bond acceptors (Lipinski definition) is 4. The summed E-state index contributed by atoms with van der Waals surface area (Å²) in [6.07, 6.45) is 6.08. The summed E-state index contributed by atoms with van der Waals surface area (Å²) in [5.74, 6) is 0.611. The lowest BCUT2D eigenvalue weighted by Gasteiger charge is -2.11. The maximum Gasteiger partial charge on any atom is 0.253 e. The summed E-state index contributed by atoms with van der Waals surface area (Å²) in [4.78, 5) is 25.6. The number of amides is 2. The number of unbranched alkanes of at least 4 members (excludes halogenated alkanes) is 4. The van der Waals surface area contributed by atoms with E-state index in [4.69, 9.17) is 4.74 Å². The lowest BCUT2D eigenvalue weighted by Crippen LogP contribution is -2.22. The van der Waals surface area contributed by atoms with Crippen LogP contribution < -0.4 is 15.4 Å². The standard InChI is InChI=1S/C24H33N3O3/c1-4-5-6-7-8-17-30-22-15-13-20(14-16-22)25-18-23(28)26-21-11-9-19(10-12-21)24(29)27(2)3/h9-16,25H,4-8,17-18H2,1-3H3,(H,26,28). The van der Waals surface area contributed by atoms with Crippen LogP contribution in [0.3, 0.4) is 0 Å². The maximum absolute atomic E-state index is 12.2. The Morgan fingerprint density at radius 1 is 0.867 bits per heavy atom. The van der Waals surface area contributed by atoms with E-state index >= 15 is 0 Å². The molecule has 0 aliphatic rings. The van der Waals surface area contributed by atoms with Crippen LogP contribution in [0.25, 0.3) is 0 Å². The Balaban J connectivity index is 1.71. The molecule has 0 spiro atoms. The van der Waals surface area contributed by atoms with Gasteiger partial charge in [0.15, 0.2) is 0 Å². The van der Waals surface area contributed by atoms with Crippen LogP contribution >= 0.6 is 0 Å². The first kappa shape index (κ1) is 23.3. The Morgan fingerprint density at radius 3 is 2.13 bits per heavy atom. The van der Waals surface area contributed by atoms with Gasteiger partial charge < -0.3 is 20.3 Å². The van der Waals surface area contributed by atoms with Crippen LogP contribution in [0.2, 0.25) is 0 Å². The summed E-state index contributed by atoms with van der Waals surface area (Å²) in [5, 5.41) is 5.92. The molecule has 0 unspecified atom stereocenters. The minimum atomic E-state index is -0.158. The Hall–Kier alpha value is -3.02. The van der Waals surface area contributed by atoms with Crippen molar-refractivity contribution in [1.29, 1.82) is 0 Å². The second kappa shape index (κ2) is 12.5. The van der Waals surface area contributed by atoms with E-state index in [1.54, 1.807) is 38.4 Å². The molecule has 0 saturated heterocycles. The molecule has 0 radical (unpaired) electrons. The summed E-state index contributed by atoms with van der Waals surface area (Å²) in [6, 6.07) is 14.5. The molecule has 0 saturated carbocycles. The molecule has 0 bridgehead atoms. The average molecular weight is 412 g/mol. The van der Waals surface area contributed by atoms with Gasteiger partial charge in [-0.05, 0) is 55.0 Å². The van der Waals surface area contributed by atoms with E-state index < -0.39 is 0 Å². The zero-order valence-electron chi connectivity index (χ0n) is 18.2. The molecule has 0 heterocycles. The van der Waals surface area contributed by atoms with Crippen LogP contribution in [0.5, 0.6) is 5.75 Å². The number of nitrogens with one attached hydrogen (secondary N) is 2. The smallest absolute Gasteiger partial charge is 0.253 e. The molecule has 2 N–H and O–H groups in total. The Kier molecular flexibility index (Phi) is 9.71. The van der Waals surface area contributed by atoms with Crippen molar-refractivity contribution in [2.45, 2.75) is 39.0 Å². The summed E-state index contributed by atoms with van der Waals surface area (Å²) < 4.78 is 5.75. The van der Waals surface area contributed by atoms with Crippen molar-refractivity contribution in [1.82, 2.24) is 4.90 Å². The second-order valence-corrected chi connectivity index (χ2v) is 7.47. The summed E-state index contributed by atoms with van der Waals surface area (Å²) in [6.45, 7) is 3.09. The monoisotopic (exact) mass is 411 g/mol. The quantitative estimate of drug-likeness (QED) is 0.493. The Morgan fingerprint density at radius 2 is 1.50 bits per heavy atom. The SMILES string of the molecule is CCCCCCCOc1ccc(NCC(=O)Nc2ccc(C(=O)N(C)C)cc2)cc1. The molecule has 2 aromatic carbocycles. The van der Waals surface area contributed by atoms with Gasteiger partial charge in [-0.2, -0.15) is 0 Å². The first-order chi connectivity index (χ1) is 14.5. The normalized spacial score (nSPS) is 10.4. The van der Waals surface area contributed by atoms with Crippen molar-refractivity contribution < 1.29 is 14.3 Å². The zero-order chi connectivity index (χ0) is 21.8. The molecular formula is C24H33N3O3. The maximum atomic E-state index is 12.2. The third kappa shape index (κ3) is 8.15. The van der Waals surface area contributed by atoms with Crippen LogP contribution in [0.1, 0.15) is 49.4 Å². The van der Waals surface area contributed by atoms with E-state index in [1.807, 2.05) is 24.3 Å². The summed E-state index contributed by atoms with van der Waals surface area (Å²) in [7, 11) is 3.41. The minimum Gasteiger partial charge on any atom is -0.494 e. The van der Waals surface area contributed by atoms with Gasteiger partial charge in [0.05, 0.1) is 13.2 Å². The number of carbonyl (C=O) groups excluding carboxylic acids is 2. The minimum absolute atomic E-state index is 0.0709. The van der Waals surface area contributed by atoms with E-state index in [0.29, 0.717) is 11.3 Å². The molecule has 162 valence electrons. The van der Waals surface area contributed by atoms with Crippen molar-refractivity contribution in [2.24, 2.45) is 0 Å². The average Bonchev–Trinajstić information content (AvgIpc) is 2.75. The molecule has 0 atom stereocenters. The predicted molar refractivity (Wildman–Crippen MR) is 122 cm³/mol. The van der Waals surface area contributed by atoms with Gasteiger partial charge in [0, 0.05) is 31.0 Å². The molecule has 2 rings (SSSR count). The largest absolute Gasteiger partial charge is 0.494 e. The van der Waals surface area contributed by atoms with Gasteiger partial charge in [0.1, 0.15) is 5.75 Å². The van der Waals surface area contributed by atoms with E-state index in [1.165, 1.54) is 30.6 Å². The third-order valence-corrected chi connectivity index (χ3v) is 4.65. The Labute approximate surface area is 179 Å². The molecule has 0 aliphatic heterocycles. The fourth-order valence-corrected chi connectivity index (χ4v) is 2.91. The van der Waals surface area contributed by atoms with Crippen LogP contribution in [-0.2, 0) is 4.79 Å². The number of carbonyl (C=O) groups is 2. The molecule has 0 aliphatic carbocycles. The highest BCUT2D eigenvalue weighted by atomic mass is 16.5. The molecule has 30 heavy (non-hydrogen) atoms.